The predicted octanol–water partition coefficient (Wildman–Crippen LogP) is 2.34. The van der Waals surface area contributed by atoms with Gasteiger partial charge < -0.3 is 5.73 Å². The average Bonchev–Trinajstić information content (AvgIpc) is 2.12. The smallest absolute Gasteiger partial charge is 0.223 e. The second-order valence-corrected chi connectivity index (χ2v) is 5.62. The van der Waals surface area contributed by atoms with Crippen molar-refractivity contribution in [1.82, 2.24) is 15.0 Å². The number of aryl methyl sites for hydroxylation is 1. The lowest BCUT2D eigenvalue weighted by Crippen LogP contribution is -2.19. The first-order valence-electron chi connectivity index (χ1n) is 5.80. The van der Waals surface area contributed by atoms with Gasteiger partial charge in [-0.25, -0.2) is 4.98 Å². The van der Waals surface area contributed by atoms with Gasteiger partial charge in [0.2, 0.25) is 5.95 Å². The molecule has 0 amide bonds. The molecule has 1 aromatic rings. The van der Waals surface area contributed by atoms with Gasteiger partial charge in [-0.15, -0.1) is 0 Å². The fraction of sp³-hybridized carbons (Fsp3) is 0.750. The number of rotatable bonds is 3. The van der Waals surface area contributed by atoms with Crippen LogP contribution in [-0.2, 0) is 11.8 Å². The summed E-state index contributed by atoms with van der Waals surface area (Å²) in [5.74, 6) is 2.57. The van der Waals surface area contributed by atoms with Gasteiger partial charge in [-0.2, -0.15) is 9.97 Å². The zero-order valence-electron chi connectivity index (χ0n) is 10.9. The van der Waals surface area contributed by atoms with E-state index in [1.54, 1.807) is 0 Å². The Morgan fingerprint density at radius 1 is 1.12 bits per heavy atom. The number of nitrogen functional groups attached to an aromatic ring is 1. The molecule has 1 heterocycles. The van der Waals surface area contributed by atoms with Crippen molar-refractivity contribution in [1.29, 1.82) is 0 Å². The van der Waals surface area contributed by atoms with Crippen LogP contribution < -0.4 is 5.73 Å². The highest BCUT2D eigenvalue weighted by molar-refractivity contribution is 5.18. The molecule has 0 aromatic carbocycles. The van der Waals surface area contributed by atoms with Gasteiger partial charge >= 0.3 is 0 Å². The summed E-state index contributed by atoms with van der Waals surface area (Å²) in [5.41, 5.74) is 5.62. The Balaban J connectivity index is 2.90. The molecule has 0 spiro atoms. The van der Waals surface area contributed by atoms with E-state index in [1.165, 1.54) is 0 Å². The van der Waals surface area contributed by atoms with Crippen molar-refractivity contribution in [3.63, 3.8) is 0 Å². The molecule has 0 bridgehead atoms. The maximum atomic E-state index is 5.70. The molecule has 0 aliphatic rings. The number of nitrogens with two attached hydrogens (primary N) is 1. The fourth-order valence-corrected chi connectivity index (χ4v) is 1.30. The molecule has 4 nitrogen and oxygen atoms in total. The maximum absolute atomic E-state index is 5.70. The normalized spacial score (nSPS) is 12.1. The van der Waals surface area contributed by atoms with Crippen LogP contribution in [-0.4, -0.2) is 15.0 Å². The maximum Gasteiger partial charge on any atom is 0.223 e. The first-order chi connectivity index (χ1) is 7.29. The van der Waals surface area contributed by atoms with Gasteiger partial charge in [0.25, 0.3) is 0 Å². The van der Waals surface area contributed by atoms with Crippen LogP contribution in [0.1, 0.15) is 52.7 Å². The van der Waals surface area contributed by atoms with E-state index in [0.29, 0.717) is 11.9 Å². The van der Waals surface area contributed by atoms with E-state index in [9.17, 15) is 0 Å². The molecule has 0 fully saturated rings. The topological polar surface area (TPSA) is 64.7 Å². The molecule has 0 unspecified atom stereocenters. The molecule has 0 radical (unpaired) electrons. The second kappa shape index (κ2) is 4.76. The van der Waals surface area contributed by atoms with E-state index in [-0.39, 0.29) is 5.41 Å². The number of nitrogens with zero attached hydrogens (tertiary/aromatic N) is 3. The Labute approximate surface area is 97.7 Å². The largest absolute Gasteiger partial charge is 0.368 e. The van der Waals surface area contributed by atoms with Crippen LogP contribution in [0.4, 0.5) is 5.95 Å². The predicted molar refractivity (Wildman–Crippen MR) is 66.1 cm³/mol. The fourth-order valence-electron chi connectivity index (χ4n) is 1.30. The summed E-state index contributed by atoms with van der Waals surface area (Å²) in [6, 6.07) is 0. The zero-order valence-corrected chi connectivity index (χ0v) is 10.9. The van der Waals surface area contributed by atoms with Crippen LogP contribution in [0.3, 0.4) is 0 Å². The van der Waals surface area contributed by atoms with E-state index < -0.39 is 0 Å². The minimum absolute atomic E-state index is 0.0797. The van der Waals surface area contributed by atoms with Gasteiger partial charge in [-0.3, -0.25) is 0 Å². The van der Waals surface area contributed by atoms with Gasteiger partial charge in [0.1, 0.15) is 11.6 Å². The Morgan fingerprint density at radius 2 is 1.75 bits per heavy atom. The summed E-state index contributed by atoms with van der Waals surface area (Å²) in [6.45, 7) is 10.6. The summed E-state index contributed by atoms with van der Waals surface area (Å²) in [6.07, 6.45) is 1.94. The Morgan fingerprint density at radius 3 is 2.25 bits per heavy atom. The molecule has 4 heteroatoms. The molecular weight excluding hydrogens is 200 g/mol. The van der Waals surface area contributed by atoms with Crippen molar-refractivity contribution in [2.45, 2.75) is 52.9 Å². The van der Waals surface area contributed by atoms with E-state index in [0.717, 1.165) is 24.5 Å². The minimum Gasteiger partial charge on any atom is -0.368 e. The van der Waals surface area contributed by atoms with Crippen molar-refractivity contribution in [2.24, 2.45) is 5.92 Å². The van der Waals surface area contributed by atoms with E-state index in [1.807, 2.05) is 0 Å². The third kappa shape index (κ3) is 3.76. The Kier molecular flexibility index (Phi) is 3.83. The Bertz CT molecular complexity index is 353. The molecule has 0 saturated heterocycles. The highest BCUT2D eigenvalue weighted by atomic mass is 15.1. The molecule has 0 aliphatic heterocycles. The summed E-state index contributed by atoms with van der Waals surface area (Å²) >= 11 is 0. The lowest BCUT2D eigenvalue weighted by atomic mass is 9.96. The van der Waals surface area contributed by atoms with Crippen molar-refractivity contribution in [3.8, 4) is 0 Å². The van der Waals surface area contributed by atoms with Crippen molar-refractivity contribution in [2.75, 3.05) is 5.73 Å². The third-order valence-corrected chi connectivity index (χ3v) is 2.32. The molecule has 0 atom stereocenters. The van der Waals surface area contributed by atoms with Gasteiger partial charge in [0.15, 0.2) is 0 Å². The molecule has 2 N–H and O–H groups in total. The van der Waals surface area contributed by atoms with Crippen LogP contribution in [0.15, 0.2) is 0 Å². The summed E-state index contributed by atoms with van der Waals surface area (Å²) < 4.78 is 0. The average molecular weight is 222 g/mol. The number of hydrogen-bond acceptors (Lipinski definition) is 4. The molecule has 90 valence electrons. The van der Waals surface area contributed by atoms with Crippen molar-refractivity contribution < 1.29 is 0 Å². The van der Waals surface area contributed by atoms with Gasteiger partial charge in [0.05, 0.1) is 0 Å². The van der Waals surface area contributed by atoms with E-state index in [2.05, 4.69) is 49.6 Å². The van der Waals surface area contributed by atoms with E-state index >= 15 is 0 Å². The molecule has 0 saturated carbocycles. The quantitative estimate of drug-likeness (QED) is 0.852. The minimum atomic E-state index is -0.0797. The third-order valence-electron chi connectivity index (χ3n) is 2.32. The molecular formula is C12H22N4. The summed E-state index contributed by atoms with van der Waals surface area (Å²) in [4.78, 5) is 12.8. The molecule has 1 rings (SSSR count). The van der Waals surface area contributed by atoms with Crippen LogP contribution in [0.2, 0.25) is 0 Å². The van der Waals surface area contributed by atoms with Gasteiger partial charge in [-0.05, 0) is 12.3 Å². The van der Waals surface area contributed by atoms with Crippen LogP contribution in [0.5, 0.6) is 0 Å². The zero-order chi connectivity index (χ0) is 12.3. The van der Waals surface area contributed by atoms with Crippen LogP contribution >= 0.6 is 0 Å². The second-order valence-electron chi connectivity index (χ2n) is 5.62. The lowest BCUT2D eigenvalue weighted by molar-refractivity contribution is 0.526. The number of anilines is 1. The summed E-state index contributed by atoms with van der Waals surface area (Å²) in [7, 11) is 0. The first-order valence-corrected chi connectivity index (χ1v) is 5.80. The Hall–Kier alpha value is -1.19. The SMILES string of the molecule is CC(C)CCc1nc(N)nc(C(C)(C)C)n1. The molecule has 16 heavy (non-hydrogen) atoms. The number of hydrogen-bond donors (Lipinski definition) is 1. The van der Waals surface area contributed by atoms with E-state index in [4.69, 9.17) is 5.73 Å². The lowest BCUT2D eigenvalue weighted by Gasteiger charge is -2.17. The highest BCUT2D eigenvalue weighted by Crippen LogP contribution is 2.19. The standard InChI is InChI=1S/C12H22N4/c1-8(2)6-7-9-14-10(12(3,4)5)16-11(13)15-9/h8H,6-7H2,1-5H3,(H2,13,14,15,16). The van der Waals surface area contributed by atoms with Crippen molar-refractivity contribution >= 4 is 5.95 Å². The monoisotopic (exact) mass is 222 g/mol. The molecule has 0 aliphatic carbocycles. The van der Waals surface area contributed by atoms with Gasteiger partial charge in [0, 0.05) is 11.8 Å². The van der Waals surface area contributed by atoms with Crippen LogP contribution in [0.25, 0.3) is 0 Å². The van der Waals surface area contributed by atoms with Crippen LogP contribution in [0, 0.1) is 5.92 Å². The highest BCUT2D eigenvalue weighted by Gasteiger charge is 2.19. The first kappa shape index (κ1) is 12.9. The van der Waals surface area contributed by atoms with Gasteiger partial charge in [-0.1, -0.05) is 34.6 Å². The molecule has 1 aromatic heterocycles. The summed E-state index contributed by atoms with van der Waals surface area (Å²) in [5, 5.41) is 0. The van der Waals surface area contributed by atoms with Crippen molar-refractivity contribution in [3.05, 3.63) is 11.6 Å². The number of aromatic nitrogens is 3.